The molecule has 1 N–H and O–H groups in total. The van der Waals surface area contributed by atoms with Gasteiger partial charge >= 0.3 is 6.09 Å². The Bertz CT molecular complexity index is 168. The summed E-state index contributed by atoms with van der Waals surface area (Å²) in [4.78, 5) is 21.8. The average molecular weight is 173 g/mol. The van der Waals surface area contributed by atoms with Crippen LogP contribution in [-0.2, 0) is 9.53 Å². The molecule has 1 atom stereocenters. The van der Waals surface area contributed by atoms with Crippen LogP contribution in [0.3, 0.4) is 0 Å². The second kappa shape index (κ2) is 5.57. The predicted molar refractivity (Wildman–Crippen MR) is 44.9 cm³/mol. The third-order valence-electron chi connectivity index (χ3n) is 1.50. The monoisotopic (exact) mass is 173 g/mol. The van der Waals surface area contributed by atoms with Crippen LogP contribution in [0.1, 0.15) is 26.7 Å². The quantitative estimate of drug-likeness (QED) is 0.692. The Morgan fingerprint density at radius 2 is 2.08 bits per heavy atom. The van der Waals surface area contributed by atoms with E-state index in [1.165, 1.54) is 7.11 Å². The van der Waals surface area contributed by atoms with E-state index in [1.54, 1.807) is 6.92 Å². The van der Waals surface area contributed by atoms with Gasteiger partial charge in [-0.15, -0.1) is 0 Å². The molecule has 0 radical (unpaired) electrons. The summed E-state index contributed by atoms with van der Waals surface area (Å²) in [7, 11) is 1.27. The molecule has 0 aromatic carbocycles. The van der Waals surface area contributed by atoms with Crippen molar-refractivity contribution in [2.45, 2.75) is 32.7 Å². The number of carbonyl (C=O) groups is 2. The zero-order valence-electron chi connectivity index (χ0n) is 7.72. The maximum Gasteiger partial charge on any atom is 0.407 e. The zero-order valence-corrected chi connectivity index (χ0v) is 7.72. The standard InChI is InChI=1S/C8H15NO3/c1-4-5-7(10)6(2)9-8(11)12-3/h6H,4-5H2,1-3H3,(H,9,11). The van der Waals surface area contributed by atoms with Gasteiger partial charge in [0.05, 0.1) is 13.2 Å². The summed E-state index contributed by atoms with van der Waals surface area (Å²) in [5.74, 6) is 0.0305. The van der Waals surface area contributed by atoms with Crippen LogP contribution in [0, 0.1) is 0 Å². The molecule has 0 aromatic rings. The Labute approximate surface area is 72.3 Å². The van der Waals surface area contributed by atoms with Crippen molar-refractivity contribution in [1.29, 1.82) is 0 Å². The number of carbonyl (C=O) groups excluding carboxylic acids is 2. The highest BCUT2D eigenvalue weighted by Gasteiger charge is 2.13. The van der Waals surface area contributed by atoms with Crippen LogP contribution < -0.4 is 5.32 Å². The van der Waals surface area contributed by atoms with Crippen molar-refractivity contribution in [2.24, 2.45) is 0 Å². The number of alkyl carbamates (subject to hydrolysis) is 1. The van der Waals surface area contributed by atoms with Gasteiger partial charge in [-0.3, -0.25) is 4.79 Å². The van der Waals surface area contributed by atoms with E-state index in [0.717, 1.165) is 6.42 Å². The van der Waals surface area contributed by atoms with E-state index in [9.17, 15) is 9.59 Å². The topological polar surface area (TPSA) is 55.4 Å². The molecule has 12 heavy (non-hydrogen) atoms. The number of ketones is 1. The van der Waals surface area contributed by atoms with Gasteiger partial charge < -0.3 is 10.1 Å². The number of rotatable bonds is 4. The third kappa shape index (κ3) is 3.95. The number of methoxy groups -OCH3 is 1. The first-order valence-electron chi connectivity index (χ1n) is 3.99. The molecule has 0 saturated carbocycles. The van der Waals surface area contributed by atoms with Gasteiger partial charge in [0.25, 0.3) is 0 Å². The van der Waals surface area contributed by atoms with Gasteiger partial charge in [0.2, 0.25) is 0 Å². The largest absolute Gasteiger partial charge is 0.453 e. The van der Waals surface area contributed by atoms with E-state index in [-0.39, 0.29) is 5.78 Å². The van der Waals surface area contributed by atoms with Gasteiger partial charge in [-0.25, -0.2) is 4.79 Å². The molecular formula is C8H15NO3. The van der Waals surface area contributed by atoms with E-state index in [4.69, 9.17) is 0 Å². The molecule has 70 valence electrons. The summed E-state index contributed by atoms with van der Waals surface area (Å²) in [5.41, 5.74) is 0. The van der Waals surface area contributed by atoms with Crippen LogP contribution in [0.4, 0.5) is 4.79 Å². The lowest BCUT2D eigenvalue weighted by molar-refractivity contribution is -0.120. The summed E-state index contributed by atoms with van der Waals surface area (Å²) in [5, 5.41) is 2.40. The molecule has 4 nitrogen and oxygen atoms in total. The minimum atomic E-state index is -0.563. The molecule has 0 bridgehead atoms. The maximum absolute atomic E-state index is 11.1. The summed E-state index contributed by atoms with van der Waals surface area (Å²) >= 11 is 0. The fraction of sp³-hybridized carbons (Fsp3) is 0.750. The number of nitrogens with one attached hydrogen (secondary N) is 1. The summed E-state index contributed by atoms with van der Waals surface area (Å²) < 4.78 is 4.35. The molecule has 0 spiro atoms. The van der Waals surface area contributed by atoms with Crippen LogP contribution in [0.15, 0.2) is 0 Å². The van der Waals surface area contributed by atoms with Crippen LogP contribution in [0.2, 0.25) is 0 Å². The predicted octanol–water partition coefficient (Wildman–Crippen LogP) is 1.10. The molecule has 0 aliphatic carbocycles. The highest BCUT2D eigenvalue weighted by molar-refractivity contribution is 5.86. The fourth-order valence-electron chi connectivity index (χ4n) is 0.779. The van der Waals surface area contributed by atoms with E-state index < -0.39 is 12.1 Å². The summed E-state index contributed by atoms with van der Waals surface area (Å²) in [6.07, 6.45) is 0.726. The number of hydrogen-bond acceptors (Lipinski definition) is 3. The lowest BCUT2D eigenvalue weighted by atomic mass is 10.1. The van der Waals surface area contributed by atoms with Crippen LogP contribution >= 0.6 is 0 Å². The van der Waals surface area contributed by atoms with Crippen LogP contribution in [0.25, 0.3) is 0 Å². The van der Waals surface area contributed by atoms with E-state index in [1.807, 2.05) is 6.92 Å². The molecule has 1 amide bonds. The first-order valence-corrected chi connectivity index (χ1v) is 3.99. The Kier molecular flexibility index (Phi) is 5.08. The molecular weight excluding hydrogens is 158 g/mol. The molecule has 0 rings (SSSR count). The van der Waals surface area contributed by atoms with E-state index in [2.05, 4.69) is 10.1 Å². The van der Waals surface area contributed by atoms with Gasteiger partial charge in [0.1, 0.15) is 0 Å². The van der Waals surface area contributed by atoms with Crippen molar-refractivity contribution in [3.05, 3.63) is 0 Å². The second-order valence-electron chi connectivity index (χ2n) is 2.57. The molecule has 1 unspecified atom stereocenters. The molecule has 0 fully saturated rings. The number of ether oxygens (including phenoxy) is 1. The van der Waals surface area contributed by atoms with Gasteiger partial charge in [0, 0.05) is 6.42 Å². The summed E-state index contributed by atoms with van der Waals surface area (Å²) in [6, 6.07) is -0.447. The van der Waals surface area contributed by atoms with Crippen molar-refractivity contribution in [2.75, 3.05) is 7.11 Å². The molecule has 0 heterocycles. The Hall–Kier alpha value is -1.06. The Morgan fingerprint density at radius 3 is 2.50 bits per heavy atom. The van der Waals surface area contributed by atoms with Crippen molar-refractivity contribution in [3.8, 4) is 0 Å². The Balaban J connectivity index is 3.78. The average Bonchev–Trinajstić information content (AvgIpc) is 2.04. The molecule has 0 aliphatic heterocycles. The van der Waals surface area contributed by atoms with Crippen molar-refractivity contribution in [3.63, 3.8) is 0 Å². The van der Waals surface area contributed by atoms with Crippen molar-refractivity contribution < 1.29 is 14.3 Å². The van der Waals surface area contributed by atoms with Gasteiger partial charge in [-0.2, -0.15) is 0 Å². The molecule has 0 saturated heterocycles. The lowest BCUT2D eigenvalue weighted by Crippen LogP contribution is -2.38. The minimum Gasteiger partial charge on any atom is -0.453 e. The van der Waals surface area contributed by atoms with Crippen molar-refractivity contribution in [1.82, 2.24) is 5.32 Å². The second-order valence-corrected chi connectivity index (χ2v) is 2.57. The first kappa shape index (κ1) is 10.9. The van der Waals surface area contributed by atoms with Gasteiger partial charge in [0.15, 0.2) is 5.78 Å². The molecule has 4 heteroatoms. The van der Waals surface area contributed by atoms with Gasteiger partial charge in [-0.1, -0.05) is 6.92 Å². The lowest BCUT2D eigenvalue weighted by Gasteiger charge is -2.10. The smallest absolute Gasteiger partial charge is 0.407 e. The van der Waals surface area contributed by atoms with E-state index >= 15 is 0 Å². The highest BCUT2D eigenvalue weighted by Crippen LogP contribution is 1.94. The summed E-state index contributed by atoms with van der Waals surface area (Å²) in [6.45, 7) is 3.57. The highest BCUT2D eigenvalue weighted by atomic mass is 16.5. The SMILES string of the molecule is CCCC(=O)C(C)NC(=O)OC. The van der Waals surface area contributed by atoms with Gasteiger partial charge in [-0.05, 0) is 13.3 Å². The molecule has 0 aromatic heterocycles. The third-order valence-corrected chi connectivity index (χ3v) is 1.50. The van der Waals surface area contributed by atoms with E-state index in [0.29, 0.717) is 6.42 Å². The fourth-order valence-corrected chi connectivity index (χ4v) is 0.779. The van der Waals surface area contributed by atoms with Crippen molar-refractivity contribution >= 4 is 11.9 Å². The molecule has 0 aliphatic rings. The number of amides is 1. The van der Waals surface area contributed by atoms with Crippen LogP contribution in [0.5, 0.6) is 0 Å². The van der Waals surface area contributed by atoms with Crippen LogP contribution in [-0.4, -0.2) is 25.0 Å². The number of Topliss-reactive ketones (excluding diaryl/α,β-unsaturated/α-hetero) is 1. The zero-order chi connectivity index (χ0) is 9.56. The maximum atomic E-state index is 11.1. The normalized spacial score (nSPS) is 11.9. The minimum absolute atomic E-state index is 0.0305. The first-order chi connectivity index (χ1) is 5.61. The number of hydrogen-bond donors (Lipinski definition) is 1. The Morgan fingerprint density at radius 1 is 1.50 bits per heavy atom.